The number of aryl methyl sites for hydroxylation is 1. The van der Waals surface area contributed by atoms with E-state index in [9.17, 15) is 4.79 Å². The molecule has 3 heterocycles. The van der Waals surface area contributed by atoms with Crippen molar-refractivity contribution in [3.05, 3.63) is 65.7 Å². The van der Waals surface area contributed by atoms with E-state index in [0.717, 1.165) is 65.1 Å². The number of anilines is 1. The number of aliphatic carboxylic acids is 2. The van der Waals surface area contributed by atoms with E-state index < -0.39 is 11.9 Å². The molecule has 8 nitrogen and oxygen atoms in total. The van der Waals surface area contributed by atoms with Gasteiger partial charge in [0, 0.05) is 51.1 Å². The topological polar surface area (TPSA) is 110 Å². The molecule has 2 aromatic carbocycles. The van der Waals surface area contributed by atoms with E-state index in [-0.39, 0.29) is 5.91 Å². The first-order valence-electron chi connectivity index (χ1n) is 12.4. The summed E-state index contributed by atoms with van der Waals surface area (Å²) in [5, 5.41) is 18.5. The molecule has 0 aromatic heterocycles. The fraction of sp³-hybridized carbons (Fsp3) is 0.464. The molecule has 3 aliphatic rings. The van der Waals surface area contributed by atoms with Gasteiger partial charge in [-0.05, 0) is 48.9 Å². The molecule has 3 aliphatic heterocycles. The van der Waals surface area contributed by atoms with Crippen LogP contribution < -0.4 is 10.2 Å². The highest BCUT2D eigenvalue weighted by Gasteiger charge is 2.49. The number of benzene rings is 2. The smallest absolute Gasteiger partial charge is 0.300 e. The molecule has 2 atom stereocenters. The minimum absolute atomic E-state index is 0.260. The Morgan fingerprint density at radius 2 is 1.64 bits per heavy atom. The van der Waals surface area contributed by atoms with Crippen molar-refractivity contribution >= 4 is 23.5 Å². The molecule has 36 heavy (non-hydrogen) atoms. The van der Waals surface area contributed by atoms with Crippen molar-refractivity contribution in [3.63, 3.8) is 0 Å². The van der Waals surface area contributed by atoms with Crippen molar-refractivity contribution in [2.75, 3.05) is 44.2 Å². The molecule has 0 aliphatic carbocycles. The second-order valence-electron chi connectivity index (χ2n) is 9.81. The zero-order valence-electron chi connectivity index (χ0n) is 21.2. The van der Waals surface area contributed by atoms with E-state index >= 15 is 0 Å². The Bertz CT molecular complexity index is 1020. The molecular formula is C28H37N3O5. The second kappa shape index (κ2) is 12.6. The molecular weight excluding hydrogens is 458 g/mol. The van der Waals surface area contributed by atoms with Gasteiger partial charge >= 0.3 is 0 Å². The fourth-order valence-corrected chi connectivity index (χ4v) is 5.52. The van der Waals surface area contributed by atoms with Crippen LogP contribution in [0.3, 0.4) is 0 Å². The highest BCUT2D eigenvalue weighted by molar-refractivity contribution is 5.96. The minimum atomic E-state index is -0.833. The first-order chi connectivity index (χ1) is 17.2. The van der Waals surface area contributed by atoms with E-state index in [2.05, 4.69) is 58.7 Å². The van der Waals surface area contributed by atoms with E-state index in [1.807, 2.05) is 11.0 Å². The van der Waals surface area contributed by atoms with Crippen molar-refractivity contribution < 1.29 is 24.6 Å². The van der Waals surface area contributed by atoms with Crippen LogP contribution in [0.2, 0.25) is 0 Å². The number of fused-ring (bicyclic) bond motifs is 2. The number of nitrogens with one attached hydrogen (secondary N) is 1. The highest BCUT2D eigenvalue weighted by atomic mass is 16.4. The summed E-state index contributed by atoms with van der Waals surface area (Å²) in [5.41, 5.74) is 4.16. The van der Waals surface area contributed by atoms with Gasteiger partial charge in [0.1, 0.15) is 0 Å². The largest absolute Gasteiger partial charge is 0.481 e. The van der Waals surface area contributed by atoms with E-state index in [4.69, 9.17) is 19.8 Å². The average molecular weight is 496 g/mol. The summed E-state index contributed by atoms with van der Waals surface area (Å²) in [6.07, 6.45) is 3.31. The lowest BCUT2D eigenvalue weighted by Crippen LogP contribution is -2.41. The number of carboxylic acid groups (broad SMARTS) is 2. The van der Waals surface area contributed by atoms with Crippen molar-refractivity contribution in [2.45, 2.75) is 33.1 Å². The number of carbonyl (C=O) groups excluding carboxylic acids is 1. The standard InChI is InChI=1S/C24H29N3O.2C2H4O2/c28-23(27-13-11-20-8-4-5-9-22(20)27)16-26-15-21-14-25-17-24(21,18-26)12-10-19-6-2-1-3-7-19;2*1-2(3)4/h1-9,21,25H,10-18H2;2*1H3,(H,3,4). The highest BCUT2D eigenvalue weighted by Crippen LogP contribution is 2.42. The molecule has 0 saturated carbocycles. The second-order valence-corrected chi connectivity index (χ2v) is 9.81. The zero-order chi connectivity index (χ0) is 26.1. The van der Waals surface area contributed by atoms with E-state index in [1.165, 1.54) is 17.5 Å². The van der Waals surface area contributed by atoms with Crippen LogP contribution in [0.15, 0.2) is 54.6 Å². The summed E-state index contributed by atoms with van der Waals surface area (Å²) in [4.78, 5) is 35.5. The van der Waals surface area contributed by atoms with Gasteiger partial charge in [0.2, 0.25) is 5.91 Å². The third-order valence-corrected chi connectivity index (χ3v) is 7.05. The predicted molar refractivity (Wildman–Crippen MR) is 139 cm³/mol. The quantitative estimate of drug-likeness (QED) is 0.585. The molecule has 0 spiro atoms. The fourth-order valence-electron chi connectivity index (χ4n) is 5.52. The number of likely N-dealkylation sites (tertiary alicyclic amines) is 1. The molecule has 5 rings (SSSR count). The molecule has 8 heteroatoms. The normalized spacial score (nSPS) is 21.9. The summed E-state index contributed by atoms with van der Waals surface area (Å²) in [6.45, 7) is 7.81. The van der Waals surface area contributed by atoms with Crippen molar-refractivity contribution in [3.8, 4) is 0 Å². The van der Waals surface area contributed by atoms with Crippen LogP contribution in [-0.2, 0) is 27.2 Å². The van der Waals surface area contributed by atoms with Gasteiger partial charge < -0.3 is 20.4 Å². The molecule has 0 radical (unpaired) electrons. The predicted octanol–water partition coefficient (Wildman–Crippen LogP) is 2.91. The molecule has 194 valence electrons. The molecule has 2 unspecified atom stereocenters. The Labute approximate surface area is 212 Å². The first kappa shape index (κ1) is 27.4. The number of hydrogen-bond acceptors (Lipinski definition) is 5. The number of carbonyl (C=O) groups is 3. The van der Waals surface area contributed by atoms with Gasteiger partial charge in [-0.15, -0.1) is 0 Å². The molecule has 3 N–H and O–H groups in total. The maximum absolute atomic E-state index is 13.0. The van der Waals surface area contributed by atoms with Gasteiger partial charge in [0.15, 0.2) is 0 Å². The molecule has 2 saturated heterocycles. The van der Waals surface area contributed by atoms with Crippen molar-refractivity contribution in [1.29, 1.82) is 0 Å². The van der Waals surface area contributed by atoms with Crippen molar-refractivity contribution in [2.24, 2.45) is 11.3 Å². The van der Waals surface area contributed by atoms with Gasteiger partial charge in [-0.2, -0.15) is 0 Å². The Morgan fingerprint density at radius 1 is 1.00 bits per heavy atom. The Morgan fingerprint density at radius 3 is 2.33 bits per heavy atom. The van der Waals surface area contributed by atoms with Crippen LogP contribution in [-0.4, -0.2) is 72.2 Å². The van der Waals surface area contributed by atoms with Gasteiger partial charge in [-0.25, -0.2) is 0 Å². The maximum Gasteiger partial charge on any atom is 0.300 e. The van der Waals surface area contributed by atoms with E-state index in [0.29, 0.717) is 17.9 Å². The number of para-hydroxylation sites is 1. The minimum Gasteiger partial charge on any atom is -0.481 e. The van der Waals surface area contributed by atoms with Crippen LogP contribution in [0.25, 0.3) is 0 Å². The van der Waals surface area contributed by atoms with Crippen LogP contribution in [0.1, 0.15) is 31.4 Å². The third kappa shape index (κ3) is 7.38. The maximum atomic E-state index is 13.0. The van der Waals surface area contributed by atoms with Crippen LogP contribution >= 0.6 is 0 Å². The Kier molecular flexibility index (Phi) is 9.61. The van der Waals surface area contributed by atoms with Gasteiger partial charge in [0.05, 0.1) is 6.54 Å². The first-order valence-corrected chi connectivity index (χ1v) is 12.4. The van der Waals surface area contributed by atoms with E-state index in [1.54, 1.807) is 0 Å². The monoisotopic (exact) mass is 495 g/mol. The zero-order valence-corrected chi connectivity index (χ0v) is 21.2. The summed E-state index contributed by atoms with van der Waals surface area (Å²) < 4.78 is 0. The van der Waals surface area contributed by atoms with Crippen LogP contribution in [0.5, 0.6) is 0 Å². The number of rotatable bonds is 5. The average Bonchev–Trinajstić information content (AvgIpc) is 3.50. The van der Waals surface area contributed by atoms with Gasteiger partial charge in [-0.3, -0.25) is 19.3 Å². The number of carboxylic acids is 2. The molecule has 0 bridgehead atoms. The Hall–Kier alpha value is -3.23. The number of hydrogen-bond donors (Lipinski definition) is 3. The lowest BCUT2D eigenvalue weighted by atomic mass is 9.76. The Balaban J connectivity index is 0.000000398. The van der Waals surface area contributed by atoms with Crippen LogP contribution in [0, 0.1) is 11.3 Å². The third-order valence-electron chi connectivity index (χ3n) is 7.05. The number of amides is 1. The van der Waals surface area contributed by atoms with Gasteiger partial charge in [0.25, 0.3) is 11.9 Å². The summed E-state index contributed by atoms with van der Waals surface area (Å²) in [5.74, 6) is -0.744. The SMILES string of the molecule is CC(=O)O.CC(=O)O.O=C(CN1CC2CNCC2(CCc2ccccc2)C1)N1CCc2ccccc21. The molecule has 2 aromatic rings. The van der Waals surface area contributed by atoms with Gasteiger partial charge in [-0.1, -0.05) is 48.5 Å². The summed E-state index contributed by atoms with van der Waals surface area (Å²) >= 11 is 0. The van der Waals surface area contributed by atoms with Crippen molar-refractivity contribution in [1.82, 2.24) is 10.2 Å². The lowest BCUT2D eigenvalue weighted by Gasteiger charge is -2.28. The lowest BCUT2D eigenvalue weighted by molar-refractivity contribution is -0.135. The molecule has 2 fully saturated rings. The summed E-state index contributed by atoms with van der Waals surface area (Å²) in [6, 6.07) is 19.1. The summed E-state index contributed by atoms with van der Waals surface area (Å²) in [7, 11) is 0. The number of nitrogens with zero attached hydrogens (tertiary/aromatic N) is 2. The van der Waals surface area contributed by atoms with Crippen LogP contribution in [0.4, 0.5) is 5.69 Å². The molecule has 1 amide bonds.